The Morgan fingerprint density at radius 3 is 3.06 bits per heavy atom. The first kappa shape index (κ1) is 11.4. The second-order valence-corrected chi connectivity index (χ2v) is 4.72. The minimum atomic E-state index is 0.347. The van der Waals surface area contributed by atoms with Gasteiger partial charge in [-0.1, -0.05) is 12.1 Å². The van der Waals surface area contributed by atoms with Gasteiger partial charge >= 0.3 is 0 Å². The number of benzene rings is 1. The molecule has 0 bridgehead atoms. The summed E-state index contributed by atoms with van der Waals surface area (Å²) in [5.41, 5.74) is 1.14. The summed E-state index contributed by atoms with van der Waals surface area (Å²) in [5.74, 6) is 1.13. The van der Waals surface area contributed by atoms with Gasteiger partial charge in [-0.15, -0.1) is 0 Å². The van der Waals surface area contributed by atoms with Gasteiger partial charge in [0.1, 0.15) is 5.75 Å². The third kappa shape index (κ3) is 3.22. The van der Waals surface area contributed by atoms with Gasteiger partial charge in [0.25, 0.3) is 0 Å². The number of likely N-dealkylation sites (tertiary alicyclic amines) is 1. The lowest BCUT2D eigenvalue weighted by molar-refractivity contribution is 0.388. The Labute approximate surface area is 97.1 Å². The van der Waals surface area contributed by atoms with Crippen molar-refractivity contribution >= 4 is 0 Å². The first-order chi connectivity index (χ1) is 7.74. The van der Waals surface area contributed by atoms with E-state index in [1.165, 1.54) is 19.5 Å². The molecule has 1 saturated heterocycles. The lowest BCUT2D eigenvalue weighted by Gasteiger charge is -2.11. The molecule has 1 aromatic carbocycles. The molecule has 1 heterocycles. The van der Waals surface area contributed by atoms with Crippen LogP contribution in [0.2, 0.25) is 0 Å². The van der Waals surface area contributed by atoms with Crippen molar-refractivity contribution in [1.29, 1.82) is 0 Å². The molecule has 1 aliphatic heterocycles. The largest absolute Gasteiger partial charge is 0.508 e. The van der Waals surface area contributed by atoms with Crippen LogP contribution in [0.25, 0.3) is 0 Å². The molecule has 0 saturated carbocycles. The molecule has 3 heteroatoms. The molecule has 0 spiro atoms. The zero-order chi connectivity index (χ0) is 11.4. The third-order valence-electron chi connectivity index (χ3n) is 3.16. The smallest absolute Gasteiger partial charge is 0.115 e. The van der Waals surface area contributed by atoms with E-state index in [1.807, 2.05) is 18.2 Å². The SMILES string of the molecule is CN1CCC(CNCc2cccc(O)c2)C1. The van der Waals surface area contributed by atoms with E-state index < -0.39 is 0 Å². The predicted molar refractivity (Wildman–Crippen MR) is 65.4 cm³/mol. The van der Waals surface area contributed by atoms with E-state index in [4.69, 9.17) is 0 Å². The maximum Gasteiger partial charge on any atom is 0.115 e. The Bertz CT molecular complexity index is 340. The first-order valence-corrected chi connectivity index (χ1v) is 5.91. The first-order valence-electron chi connectivity index (χ1n) is 5.91. The quantitative estimate of drug-likeness (QED) is 0.806. The van der Waals surface area contributed by atoms with Gasteiger partial charge in [-0.05, 0) is 50.2 Å². The van der Waals surface area contributed by atoms with E-state index in [-0.39, 0.29) is 0 Å². The number of phenols is 1. The molecular weight excluding hydrogens is 200 g/mol. The van der Waals surface area contributed by atoms with Gasteiger partial charge in [-0.25, -0.2) is 0 Å². The van der Waals surface area contributed by atoms with Crippen molar-refractivity contribution in [2.75, 3.05) is 26.7 Å². The van der Waals surface area contributed by atoms with Crippen LogP contribution in [-0.4, -0.2) is 36.7 Å². The number of phenolic OH excluding ortho intramolecular Hbond substituents is 1. The maximum absolute atomic E-state index is 9.32. The molecular formula is C13H20N2O. The molecule has 0 radical (unpaired) electrons. The van der Waals surface area contributed by atoms with Gasteiger partial charge in [0.05, 0.1) is 0 Å². The molecule has 1 aliphatic rings. The lowest BCUT2D eigenvalue weighted by Crippen LogP contribution is -2.24. The third-order valence-corrected chi connectivity index (χ3v) is 3.16. The summed E-state index contributed by atoms with van der Waals surface area (Å²) in [6.45, 7) is 4.33. The van der Waals surface area contributed by atoms with Crippen LogP contribution >= 0.6 is 0 Å². The van der Waals surface area contributed by atoms with Gasteiger partial charge in [0.2, 0.25) is 0 Å². The summed E-state index contributed by atoms with van der Waals surface area (Å²) in [6.07, 6.45) is 1.30. The summed E-state index contributed by atoms with van der Waals surface area (Å²) >= 11 is 0. The number of nitrogens with one attached hydrogen (secondary N) is 1. The number of hydrogen-bond donors (Lipinski definition) is 2. The average molecular weight is 220 g/mol. The highest BCUT2D eigenvalue weighted by Crippen LogP contribution is 2.14. The molecule has 16 heavy (non-hydrogen) atoms. The van der Waals surface area contributed by atoms with E-state index in [1.54, 1.807) is 6.07 Å². The van der Waals surface area contributed by atoms with Gasteiger partial charge in [0, 0.05) is 13.1 Å². The molecule has 88 valence electrons. The molecule has 2 N–H and O–H groups in total. The van der Waals surface area contributed by atoms with Crippen molar-refractivity contribution in [1.82, 2.24) is 10.2 Å². The summed E-state index contributed by atoms with van der Waals surface area (Å²) < 4.78 is 0. The van der Waals surface area contributed by atoms with Crippen molar-refractivity contribution < 1.29 is 5.11 Å². The molecule has 0 aromatic heterocycles. The van der Waals surface area contributed by atoms with E-state index in [9.17, 15) is 5.11 Å². The van der Waals surface area contributed by atoms with E-state index in [0.29, 0.717) is 5.75 Å². The van der Waals surface area contributed by atoms with Crippen LogP contribution in [0.3, 0.4) is 0 Å². The van der Waals surface area contributed by atoms with Crippen molar-refractivity contribution in [2.45, 2.75) is 13.0 Å². The summed E-state index contributed by atoms with van der Waals surface area (Å²) in [4.78, 5) is 2.38. The number of hydrogen-bond acceptors (Lipinski definition) is 3. The van der Waals surface area contributed by atoms with Crippen molar-refractivity contribution in [3.8, 4) is 5.75 Å². The fourth-order valence-electron chi connectivity index (χ4n) is 2.28. The Morgan fingerprint density at radius 1 is 1.50 bits per heavy atom. The van der Waals surface area contributed by atoms with Crippen molar-refractivity contribution in [3.05, 3.63) is 29.8 Å². The lowest BCUT2D eigenvalue weighted by atomic mass is 10.1. The maximum atomic E-state index is 9.32. The fourth-order valence-corrected chi connectivity index (χ4v) is 2.28. The van der Waals surface area contributed by atoms with Crippen LogP contribution < -0.4 is 5.32 Å². The molecule has 1 aromatic rings. The summed E-state index contributed by atoms with van der Waals surface area (Å²) in [5, 5.41) is 12.8. The number of rotatable bonds is 4. The predicted octanol–water partition coefficient (Wildman–Crippen LogP) is 1.43. The van der Waals surface area contributed by atoms with Gasteiger partial charge in [-0.2, -0.15) is 0 Å². The van der Waals surface area contributed by atoms with Crippen LogP contribution in [0.1, 0.15) is 12.0 Å². The minimum absolute atomic E-state index is 0.347. The summed E-state index contributed by atoms with van der Waals surface area (Å²) in [7, 11) is 2.18. The Morgan fingerprint density at radius 2 is 2.38 bits per heavy atom. The van der Waals surface area contributed by atoms with Crippen LogP contribution in [0, 0.1) is 5.92 Å². The Kier molecular flexibility index (Phi) is 3.80. The van der Waals surface area contributed by atoms with Crippen molar-refractivity contribution in [3.63, 3.8) is 0 Å². The van der Waals surface area contributed by atoms with Crippen molar-refractivity contribution in [2.24, 2.45) is 5.92 Å². The number of aromatic hydroxyl groups is 1. The molecule has 1 unspecified atom stereocenters. The van der Waals surface area contributed by atoms with E-state index in [2.05, 4.69) is 17.3 Å². The van der Waals surface area contributed by atoms with Crippen LogP contribution in [-0.2, 0) is 6.54 Å². The van der Waals surface area contributed by atoms with Crippen LogP contribution in [0.4, 0.5) is 0 Å². The zero-order valence-electron chi connectivity index (χ0n) is 9.82. The Balaban J connectivity index is 1.72. The molecule has 1 atom stereocenters. The molecule has 1 fully saturated rings. The van der Waals surface area contributed by atoms with Crippen LogP contribution in [0.15, 0.2) is 24.3 Å². The fraction of sp³-hybridized carbons (Fsp3) is 0.538. The van der Waals surface area contributed by atoms with Crippen LogP contribution in [0.5, 0.6) is 5.75 Å². The zero-order valence-corrected chi connectivity index (χ0v) is 9.82. The molecule has 0 aliphatic carbocycles. The highest BCUT2D eigenvalue weighted by atomic mass is 16.3. The minimum Gasteiger partial charge on any atom is -0.508 e. The second kappa shape index (κ2) is 5.32. The average Bonchev–Trinajstić information content (AvgIpc) is 2.64. The highest BCUT2D eigenvalue weighted by Gasteiger charge is 2.18. The van der Waals surface area contributed by atoms with E-state index in [0.717, 1.165) is 24.6 Å². The number of nitrogens with zero attached hydrogens (tertiary/aromatic N) is 1. The van der Waals surface area contributed by atoms with Gasteiger partial charge in [0.15, 0.2) is 0 Å². The molecule has 0 amide bonds. The highest BCUT2D eigenvalue weighted by molar-refractivity contribution is 5.26. The van der Waals surface area contributed by atoms with Gasteiger partial charge in [-0.3, -0.25) is 0 Å². The monoisotopic (exact) mass is 220 g/mol. The molecule has 3 nitrogen and oxygen atoms in total. The summed E-state index contributed by atoms with van der Waals surface area (Å²) in [6, 6.07) is 7.44. The standard InChI is InChI=1S/C13H20N2O/c1-15-6-5-12(10-15)9-14-8-11-3-2-4-13(16)7-11/h2-4,7,12,14,16H,5-6,8-10H2,1H3. The molecule has 2 rings (SSSR count). The Hall–Kier alpha value is -1.06. The van der Waals surface area contributed by atoms with Gasteiger partial charge < -0.3 is 15.3 Å². The topological polar surface area (TPSA) is 35.5 Å². The normalized spacial score (nSPS) is 21.4. The van der Waals surface area contributed by atoms with E-state index >= 15 is 0 Å². The second-order valence-electron chi connectivity index (χ2n) is 4.72.